The lowest BCUT2D eigenvalue weighted by Gasteiger charge is -2.15. The van der Waals surface area contributed by atoms with Crippen LogP contribution in [0.25, 0.3) is 0 Å². The van der Waals surface area contributed by atoms with Gasteiger partial charge in [-0.15, -0.1) is 0 Å². The summed E-state index contributed by atoms with van der Waals surface area (Å²) in [5.41, 5.74) is 2.09. The molecule has 0 amide bonds. The Morgan fingerprint density at radius 2 is 2.13 bits per heavy atom. The van der Waals surface area contributed by atoms with Gasteiger partial charge in [0.15, 0.2) is 5.96 Å². The zero-order chi connectivity index (χ0) is 21.8. The van der Waals surface area contributed by atoms with Crippen LogP contribution >= 0.6 is 0 Å². The summed E-state index contributed by atoms with van der Waals surface area (Å²) in [6, 6.07) is 6.04. The molecular formula is C21H32F3N3O3. The predicted octanol–water partition coefficient (Wildman–Crippen LogP) is 3.43. The van der Waals surface area contributed by atoms with E-state index in [9.17, 15) is 13.2 Å². The number of halogens is 3. The van der Waals surface area contributed by atoms with Crippen molar-refractivity contribution in [2.45, 2.75) is 39.4 Å². The molecule has 6 nitrogen and oxygen atoms in total. The average Bonchev–Trinajstić information content (AvgIpc) is 3.20. The third kappa shape index (κ3) is 9.67. The Labute approximate surface area is 176 Å². The summed E-state index contributed by atoms with van der Waals surface area (Å²) in [7, 11) is 0. The van der Waals surface area contributed by atoms with E-state index in [-0.39, 0.29) is 6.61 Å². The minimum atomic E-state index is -4.29. The molecule has 1 unspecified atom stereocenters. The van der Waals surface area contributed by atoms with Crippen molar-refractivity contribution in [2.24, 2.45) is 10.9 Å². The second kappa shape index (κ2) is 12.6. The van der Waals surface area contributed by atoms with Crippen molar-refractivity contribution in [3.8, 4) is 5.75 Å². The number of nitrogens with zero attached hydrogens (tertiary/aromatic N) is 1. The number of nitrogens with one attached hydrogen (secondary N) is 2. The number of aliphatic imine (C=N–C) groups is 1. The highest BCUT2D eigenvalue weighted by Crippen LogP contribution is 2.23. The van der Waals surface area contributed by atoms with Crippen LogP contribution in [0.1, 0.15) is 30.9 Å². The first-order valence-corrected chi connectivity index (χ1v) is 10.3. The van der Waals surface area contributed by atoms with Crippen LogP contribution in [-0.2, 0) is 16.0 Å². The first-order chi connectivity index (χ1) is 14.4. The zero-order valence-corrected chi connectivity index (χ0v) is 17.7. The van der Waals surface area contributed by atoms with E-state index in [1.807, 2.05) is 32.0 Å². The maximum atomic E-state index is 12.1. The number of hydrogen-bond donors (Lipinski definition) is 2. The van der Waals surface area contributed by atoms with Crippen molar-refractivity contribution in [3.63, 3.8) is 0 Å². The van der Waals surface area contributed by atoms with E-state index in [1.54, 1.807) is 0 Å². The second-order valence-electron chi connectivity index (χ2n) is 7.30. The maximum absolute atomic E-state index is 12.1. The van der Waals surface area contributed by atoms with Gasteiger partial charge in [0.25, 0.3) is 0 Å². The number of rotatable bonds is 11. The third-order valence-corrected chi connectivity index (χ3v) is 4.50. The van der Waals surface area contributed by atoms with Crippen LogP contribution in [-0.4, -0.2) is 58.3 Å². The molecular weight excluding hydrogens is 399 g/mol. The standard InChI is InChI=1S/C21H32F3N3O3/c1-3-25-20(26-8-4-9-29-15-21(22,23)24)27-12-18-6-5-16(2)11-19(18)30-14-17-7-10-28-13-17/h5-6,11,17H,3-4,7-10,12-15H2,1-2H3,(H2,25,26,27). The molecule has 9 heteroatoms. The molecule has 1 atom stereocenters. The molecule has 1 aromatic rings. The SMILES string of the molecule is CCNC(=NCc1ccc(C)cc1OCC1CCOC1)NCCCOCC(F)(F)F. The van der Waals surface area contributed by atoms with Gasteiger partial charge in [-0.2, -0.15) is 13.2 Å². The van der Waals surface area contributed by atoms with E-state index in [2.05, 4.69) is 20.4 Å². The number of alkyl halides is 3. The summed E-state index contributed by atoms with van der Waals surface area (Å²) in [6.07, 6.45) is -2.83. The Balaban J connectivity index is 1.85. The summed E-state index contributed by atoms with van der Waals surface area (Å²) in [6.45, 7) is 6.50. The Hall–Kier alpha value is -2.00. The third-order valence-electron chi connectivity index (χ3n) is 4.50. The van der Waals surface area contributed by atoms with Gasteiger partial charge in [0.1, 0.15) is 12.4 Å². The minimum absolute atomic E-state index is 0.0345. The largest absolute Gasteiger partial charge is 0.493 e. The Morgan fingerprint density at radius 3 is 2.83 bits per heavy atom. The molecule has 1 heterocycles. The second-order valence-corrected chi connectivity index (χ2v) is 7.30. The molecule has 1 fully saturated rings. The van der Waals surface area contributed by atoms with Gasteiger partial charge in [-0.3, -0.25) is 0 Å². The first-order valence-electron chi connectivity index (χ1n) is 10.3. The normalized spacial score (nSPS) is 17.2. The molecule has 0 spiro atoms. The van der Waals surface area contributed by atoms with Crippen LogP contribution in [0.2, 0.25) is 0 Å². The Bertz CT molecular complexity index is 663. The lowest BCUT2D eigenvalue weighted by molar-refractivity contribution is -0.173. The van der Waals surface area contributed by atoms with Crippen LogP contribution in [0.15, 0.2) is 23.2 Å². The summed E-state index contributed by atoms with van der Waals surface area (Å²) < 4.78 is 52.3. The predicted molar refractivity (Wildman–Crippen MR) is 110 cm³/mol. The minimum Gasteiger partial charge on any atom is -0.493 e. The molecule has 30 heavy (non-hydrogen) atoms. The number of benzene rings is 1. The maximum Gasteiger partial charge on any atom is 0.411 e. The molecule has 0 radical (unpaired) electrons. The molecule has 0 aliphatic carbocycles. The lowest BCUT2D eigenvalue weighted by atomic mass is 10.1. The fourth-order valence-electron chi connectivity index (χ4n) is 2.92. The molecule has 1 saturated heterocycles. The molecule has 2 rings (SSSR count). The Kier molecular flexibility index (Phi) is 10.2. The highest BCUT2D eigenvalue weighted by Gasteiger charge is 2.27. The number of aryl methyl sites for hydroxylation is 1. The van der Waals surface area contributed by atoms with Crippen molar-refractivity contribution in [3.05, 3.63) is 29.3 Å². The smallest absolute Gasteiger partial charge is 0.411 e. The van der Waals surface area contributed by atoms with E-state index < -0.39 is 12.8 Å². The van der Waals surface area contributed by atoms with Crippen LogP contribution in [0.4, 0.5) is 13.2 Å². The average molecular weight is 431 g/mol. The van der Waals surface area contributed by atoms with Crippen molar-refractivity contribution < 1.29 is 27.4 Å². The number of ether oxygens (including phenoxy) is 3. The zero-order valence-electron chi connectivity index (χ0n) is 17.7. The van der Waals surface area contributed by atoms with Crippen molar-refractivity contribution in [1.82, 2.24) is 10.6 Å². The van der Waals surface area contributed by atoms with Gasteiger partial charge in [-0.1, -0.05) is 12.1 Å². The highest BCUT2D eigenvalue weighted by atomic mass is 19.4. The van der Waals surface area contributed by atoms with E-state index in [1.165, 1.54) is 0 Å². The lowest BCUT2D eigenvalue weighted by Crippen LogP contribution is -2.38. The van der Waals surface area contributed by atoms with Gasteiger partial charge >= 0.3 is 6.18 Å². The molecule has 0 aromatic heterocycles. The molecule has 1 aromatic carbocycles. The molecule has 0 bridgehead atoms. The van der Waals surface area contributed by atoms with Gasteiger partial charge in [0.05, 0.1) is 19.8 Å². The van der Waals surface area contributed by atoms with Crippen LogP contribution in [0.3, 0.4) is 0 Å². The van der Waals surface area contributed by atoms with Crippen molar-refractivity contribution >= 4 is 5.96 Å². The molecule has 1 aliphatic rings. The van der Waals surface area contributed by atoms with Crippen LogP contribution < -0.4 is 15.4 Å². The van der Waals surface area contributed by atoms with E-state index >= 15 is 0 Å². The monoisotopic (exact) mass is 431 g/mol. The topological polar surface area (TPSA) is 64.1 Å². The summed E-state index contributed by atoms with van der Waals surface area (Å²) in [4.78, 5) is 4.58. The number of hydrogen-bond acceptors (Lipinski definition) is 4. The molecule has 170 valence electrons. The van der Waals surface area contributed by atoms with Gasteiger partial charge in [-0.05, 0) is 38.3 Å². The molecule has 1 aliphatic heterocycles. The fraction of sp³-hybridized carbons (Fsp3) is 0.667. The molecule has 0 saturated carbocycles. The van der Waals surface area contributed by atoms with Crippen molar-refractivity contribution in [1.29, 1.82) is 0 Å². The first kappa shape index (κ1) is 24.3. The fourth-order valence-corrected chi connectivity index (χ4v) is 2.92. The quantitative estimate of drug-likeness (QED) is 0.319. The highest BCUT2D eigenvalue weighted by molar-refractivity contribution is 5.79. The van der Waals surface area contributed by atoms with E-state index in [4.69, 9.17) is 9.47 Å². The van der Waals surface area contributed by atoms with Crippen molar-refractivity contribution in [2.75, 3.05) is 46.1 Å². The van der Waals surface area contributed by atoms with Gasteiger partial charge in [-0.25, -0.2) is 4.99 Å². The van der Waals surface area contributed by atoms with Gasteiger partial charge in [0.2, 0.25) is 0 Å². The van der Waals surface area contributed by atoms with Crippen LogP contribution in [0.5, 0.6) is 5.75 Å². The van der Waals surface area contributed by atoms with E-state index in [0.717, 1.165) is 36.5 Å². The van der Waals surface area contributed by atoms with E-state index in [0.29, 0.717) is 44.5 Å². The van der Waals surface area contributed by atoms with Gasteiger partial charge < -0.3 is 24.8 Å². The molecule has 2 N–H and O–H groups in total. The van der Waals surface area contributed by atoms with Gasteiger partial charge in [0, 0.05) is 37.8 Å². The number of guanidine groups is 1. The summed E-state index contributed by atoms with van der Waals surface area (Å²) in [5.74, 6) is 1.84. The van der Waals surface area contributed by atoms with Crippen LogP contribution in [0, 0.1) is 12.8 Å². The Morgan fingerprint density at radius 1 is 1.30 bits per heavy atom. The summed E-state index contributed by atoms with van der Waals surface area (Å²) >= 11 is 0. The summed E-state index contributed by atoms with van der Waals surface area (Å²) in [5, 5.41) is 6.25.